The molecule has 0 spiro atoms. The van der Waals surface area contributed by atoms with E-state index in [1.807, 2.05) is 84.8 Å². The van der Waals surface area contributed by atoms with E-state index in [1.165, 1.54) is 11.8 Å². The molecule has 2 atom stereocenters. The van der Waals surface area contributed by atoms with Gasteiger partial charge in [0, 0.05) is 18.8 Å². The molecule has 0 aliphatic carbocycles. The third-order valence-corrected chi connectivity index (χ3v) is 6.18. The molecule has 0 bridgehead atoms. The number of para-hydroxylation sites is 2. The van der Waals surface area contributed by atoms with Gasteiger partial charge in [-0.1, -0.05) is 48.2 Å². The van der Waals surface area contributed by atoms with Crippen molar-refractivity contribution in [1.82, 2.24) is 19.7 Å². The number of aromatic nitrogens is 3. The summed E-state index contributed by atoms with van der Waals surface area (Å²) >= 11 is 1.39. The standard InChI is InChI=1S/C24H28N4O3S/c1-17-9-7-8-12-21(17)30-15-22-25-26-24(28(22)20-10-5-4-6-11-20)32-16-23(29)27-13-18(2)31-19(3)14-27/h4-12,18-19H,13-16H2,1-3H3. The van der Waals surface area contributed by atoms with Crippen molar-refractivity contribution in [3.63, 3.8) is 0 Å². The van der Waals surface area contributed by atoms with Gasteiger partial charge >= 0.3 is 0 Å². The molecular formula is C24H28N4O3S. The van der Waals surface area contributed by atoms with E-state index in [1.54, 1.807) is 0 Å². The van der Waals surface area contributed by atoms with Crippen LogP contribution in [0.3, 0.4) is 0 Å². The van der Waals surface area contributed by atoms with E-state index in [-0.39, 0.29) is 24.7 Å². The van der Waals surface area contributed by atoms with Gasteiger partial charge in [-0.15, -0.1) is 10.2 Å². The summed E-state index contributed by atoms with van der Waals surface area (Å²) in [6, 6.07) is 17.8. The number of ether oxygens (including phenoxy) is 2. The molecule has 1 amide bonds. The van der Waals surface area contributed by atoms with Crippen LogP contribution in [-0.2, 0) is 16.1 Å². The summed E-state index contributed by atoms with van der Waals surface area (Å²) < 4.78 is 13.7. The highest BCUT2D eigenvalue weighted by Gasteiger charge is 2.26. The van der Waals surface area contributed by atoms with Crippen molar-refractivity contribution in [3.05, 3.63) is 66.0 Å². The van der Waals surface area contributed by atoms with Gasteiger partial charge in [-0.3, -0.25) is 9.36 Å². The summed E-state index contributed by atoms with van der Waals surface area (Å²) in [7, 11) is 0. The summed E-state index contributed by atoms with van der Waals surface area (Å²) in [4.78, 5) is 14.7. The van der Waals surface area contributed by atoms with Crippen molar-refractivity contribution in [3.8, 4) is 11.4 Å². The Balaban J connectivity index is 1.50. The molecule has 2 heterocycles. The summed E-state index contributed by atoms with van der Waals surface area (Å²) in [6.07, 6.45) is 0.0942. The average molecular weight is 453 g/mol. The molecule has 1 aliphatic heterocycles. The zero-order valence-electron chi connectivity index (χ0n) is 18.6. The van der Waals surface area contributed by atoms with Crippen LogP contribution in [0.1, 0.15) is 25.2 Å². The predicted molar refractivity (Wildman–Crippen MR) is 124 cm³/mol. The van der Waals surface area contributed by atoms with E-state index < -0.39 is 0 Å². The number of morpholine rings is 1. The lowest BCUT2D eigenvalue weighted by molar-refractivity contribution is -0.140. The SMILES string of the molecule is Cc1ccccc1OCc1nnc(SCC(=O)N2CC(C)OC(C)C2)n1-c1ccccc1. The molecule has 4 rings (SSSR count). The number of aryl methyl sites for hydroxylation is 1. The highest BCUT2D eigenvalue weighted by Crippen LogP contribution is 2.25. The predicted octanol–water partition coefficient (Wildman–Crippen LogP) is 3.88. The van der Waals surface area contributed by atoms with E-state index in [2.05, 4.69) is 10.2 Å². The Bertz CT molecular complexity index is 1050. The van der Waals surface area contributed by atoms with Crippen molar-refractivity contribution in [2.24, 2.45) is 0 Å². The molecule has 1 saturated heterocycles. The largest absolute Gasteiger partial charge is 0.485 e. The van der Waals surface area contributed by atoms with Gasteiger partial charge in [-0.2, -0.15) is 0 Å². The summed E-state index contributed by atoms with van der Waals surface area (Å²) in [6.45, 7) is 7.51. The van der Waals surface area contributed by atoms with Crippen LogP contribution in [0.15, 0.2) is 59.8 Å². The molecule has 8 heteroatoms. The van der Waals surface area contributed by atoms with Crippen molar-refractivity contribution in [1.29, 1.82) is 0 Å². The lowest BCUT2D eigenvalue weighted by atomic mass is 10.2. The van der Waals surface area contributed by atoms with Gasteiger partial charge in [0.05, 0.1) is 18.0 Å². The third kappa shape index (κ3) is 5.31. The normalized spacial score (nSPS) is 18.5. The Morgan fingerprint density at radius 3 is 2.47 bits per heavy atom. The van der Waals surface area contributed by atoms with E-state index in [4.69, 9.17) is 9.47 Å². The maximum Gasteiger partial charge on any atom is 0.233 e. The molecule has 1 fully saturated rings. The van der Waals surface area contributed by atoms with Crippen LogP contribution >= 0.6 is 11.8 Å². The summed E-state index contributed by atoms with van der Waals surface area (Å²) in [5.41, 5.74) is 2.00. The van der Waals surface area contributed by atoms with Gasteiger partial charge in [-0.05, 0) is 44.5 Å². The second kappa shape index (κ2) is 10.2. The second-order valence-corrected chi connectivity index (χ2v) is 8.91. The first-order valence-corrected chi connectivity index (χ1v) is 11.7. The van der Waals surface area contributed by atoms with Gasteiger partial charge in [0.2, 0.25) is 5.91 Å². The fraction of sp³-hybridized carbons (Fsp3) is 0.375. The Morgan fingerprint density at radius 1 is 1.06 bits per heavy atom. The maximum atomic E-state index is 12.8. The van der Waals surface area contributed by atoms with Crippen LogP contribution in [0.25, 0.3) is 5.69 Å². The van der Waals surface area contributed by atoms with Gasteiger partial charge in [-0.25, -0.2) is 0 Å². The first-order valence-electron chi connectivity index (χ1n) is 10.8. The van der Waals surface area contributed by atoms with Crippen molar-refractivity contribution in [2.75, 3.05) is 18.8 Å². The zero-order chi connectivity index (χ0) is 22.5. The molecule has 168 valence electrons. The number of carbonyl (C=O) groups excluding carboxylic acids is 1. The third-order valence-electron chi connectivity index (χ3n) is 5.26. The second-order valence-electron chi connectivity index (χ2n) is 7.97. The molecule has 1 aromatic heterocycles. The number of hydrogen-bond donors (Lipinski definition) is 0. The fourth-order valence-electron chi connectivity index (χ4n) is 3.78. The highest BCUT2D eigenvalue weighted by molar-refractivity contribution is 7.99. The number of nitrogens with zero attached hydrogens (tertiary/aromatic N) is 4. The highest BCUT2D eigenvalue weighted by atomic mass is 32.2. The Hall–Kier alpha value is -2.84. The van der Waals surface area contributed by atoms with Crippen molar-refractivity contribution in [2.45, 2.75) is 44.7 Å². The number of thioether (sulfide) groups is 1. The maximum absolute atomic E-state index is 12.8. The fourth-order valence-corrected chi connectivity index (χ4v) is 4.66. The number of benzene rings is 2. The Labute approximate surface area is 192 Å². The number of carbonyl (C=O) groups is 1. The first-order chi connectivity index (χ1) is 15.5. The van der Waals surface area contributed by atoms with Gasteiger partial charge < -0.3 is 14.4 Å². The monoisotopic (exact) mass is 452 g/mol. The van der Waals surface area contributed by atoms with E-state index in [0.717, 1.165) is 17.0 Å². The smallest absolute Gasteiger partial charge is 0.233 e. The topological polar surface area (TPSA) is 69.5 Å². The molecular weight excluding hydrogens is 424 g/mol. The molecule has 0 radical (unpaired) electrons. The van der Waals surface area contributed by atoms with Gasteiger partial charge in [0.1, 0.15) is 12.4 Å². The molecule has 0 N–H and O–H groups in total. The molecule has 2 unspecified atom stereocenters. The van der Waals surface area contributed by atoms with Crippen LogP contribution in [0.2, 0.25) is 0 Å². The quantitative estimate of drug-likeness (QED) is 0.507. The molecule has 1 aliphatic rings. The minimum absolute atomic E-state index is 0.0471. The van der Waals surface area contributed by atoms with Crippen LogP contribution in [0.4, 0.5) is 0 Å². The van der Waals surface area contributed by atoms with Crippen LogP contribution < -0.4 is 4.74 Å². The number of rotatable bonds is 7. The number of amides is 1. The lowest BCUT2D eigenvalue weighted by Gasteiger charge is -2.35. The minimum atomic E-state index is 0.0471. The van der Waals surface area contributed by atoms with Gasteiger partial charge in [0.25, 0.3) is 0 Å². The summed E-state index contributed by atoms with van der Waals surface area (Å²) in [5, 5.41) is 9.42. The molecule has 0 saturated carbocycles. The average Bonchev–Trinajstić information content (AvgIpc) is 3.19. The molecule has 2 aromatic carbocycles. The van der Waals surface area contributed by atoms with Crippen molar-refractivity contribution >= 4 is 17.7 Å². The van der Waals surface area contributed by atoms with Gasteiger partial charge in [0.15, 0.2) is 11.0 Å². The molecule has 7 nitrogen and oxygen atoms in total. The molecule has 32 heavy (non-hydrogen) atoms. The van der Waals surface area contributed by atoms with Crippen LogP contribution in [0.5, 0.6) is 5.75 Å². The Morgan fingerprint density at radius 2 is 1.75 bits per heavy atom. The van der Waals surface area contributed by atoms with Crippen LogP contribution in [0, 0.1) is 6.92 Å². The number of hydrogen-bond acceptors (Lipinski definition) is 6. The summed E-state index contributed by atoms with van der Waals surface area (Å²) in [5.74, 6) is 1.87. The zero-order valence-corrected chi connectivity index (χ0v) is 19.4. The van der Waals surface area contributed by atoms with Crippen LogP contribution in [-0.4, -0.2) is 56.6 Å². The molecule has 3 aromatic rings. The van der Waals surface area contributed by atoms with E-state index in [9.17, 15) is 4.79 Å². The van der Waals surface area contributed by atoms with Crippen molar-refractivity contribution < 1.29 is 14.3 Å². The van der Waals surface area contributed by atoms with E-state index in [0.29, 0.717) is 29.8 Å². The van der Waals surface area contributed by atoms with E-state index >= 15 is 0 Å². The Kier molecular flexibility index (Phi) is 7.12. The minimum Gasteiger partial charge on any atom is -0.485 e. The lowest BCUT2D eigenvalue weighted by Crippen LogP contribution is -2.48. The first kappa shape index (κ1) is 22.4.